The number of nitrogens with zero attached hydrogens (tertiary/aromatic N) is 4. The number of nitrogens with one attached hydrogen (secondary N) is 1. The first-order valence-electron chi connectivity index (χ1n) is 8.82. The van der Waals surface area contributed by atoms with E-state index in [0.717, 1.165) is 15.9 Å². The molecule has 0 saturated carbocycles. The topological polar surface area (TPSA) is 116 Å². The van der Waals surface area contributed by atoms with E-state index in [1.807, 2.05) is 31.2 Å². The molecule has 1 heterocycles. The molecule has 1 amide bonds. The van der Waals surface area contributed by atoms with Crippen molar-refractivity contribution in [1.82, 2.24) is 20.2 Å². The van der Waals surface area contributed by atoms with Gasteiger partial charge in [-0.05, 0) is 36.4 Å². The Morgan fingerprint density at radius 3 is 2.38 bits per heavy atom. The summed E-state index contributed by atoms with van der Waals surface area (Å²) in [6.07, 6.45) is 0. The lowest BCUT2D eigenvalue weighted by atomic mass is 10.1. The molecule has 0 bridgehead atoms. The van der Waals surface area contributed by atoms with Gasteiger partial charge in [-0.2, -0.15) is 4.80 Å². The van der Waals surface area contributed by atoms with Crippen LogP contribution in [0.3, 0.4) is 0 Å². The average molecular weight is 393 g/mol. The van der Waals surface area contributed by atoms with Gasteiger partial charge in [0.25, 0.3) is 0 Å². The molecule has 1 aromatic heterocycles. The second kappa shape index (κ2) is 8.87. The molecule has 3 aromatic rings. The van der Waals surface area contributed by atoms with Crippen LogP contribution in [-0.4, -0.2) is 44.5 Å². The number of amides is 1. The number of esters is 1. The quantitative estimate of drug-likeness (QED) is 0.482. The van der Waals surface area contributed by atoms with E-state index in [-0.39, 0.29) is 18.2 Å². The lowest BCUT2D eigenvalue weighted by Crippen LogP contribution is -2.20. The number of carbonyl (C=O) groups is 3. The molecule has 0 saturated heterocycles. The Bertz CT molecular complexity index is 1030. The zero-order chi connectivity index (χ0) is 20.8. The van der Waals surface area contributed by atoms with Crippen LogP contribution in [0.25, 0.3) is 11.4 Å². The summed E-state index contributed by atoms with van der Waals surface area (Å²) >= 11 is 0. The summed E-state index contributed by atoms with van der Waals surface area (Å²) < 4.78 is 5.00. The van der Waals surface area contributed by atoms with Gasteiger partial charge in [0.1, 0.15) is 0 Å². The Kier molecular flexibility index (Phi) is 6.08. The highest BCUT2D eigenvalue weighted by atomic mass is 16.5. The molecule has 9 nitrogen and oxygen atoms in total. The fourth-order valence-electron chi connectivity index (χ4n) is 2.46. The first-order chi connectivity index (χ1) is 13.9. The molecular weight excluding hydrogens is 374 g/mol. The van der Waals surface area contributed by atoms with Crippen LogP contribution in [0.2, 0.25) is 0 Å². The fraction of sp³-hybridized carbons (Fsp3) is 0.200. The van der Waals surface area contributed by atoms with E-state index in [2.05, 4.69) is 20.7 Å². The monoisotopic (exact) mass is 393 g/mol. The van der Waals surface area contributed by atoms with Crippen LogP contribution in [0, 0.1) is 6.92 Å². The molecule has 0 aliphatic heterocycles. The largest absolute Gasteiger partial charge is 0.456 e. The third kappa shape index (κ3) is 5.55. The Morgan fingerprint density at radius 1 is 1.03 bits per heavy atom. The summed E-state index contributed by atoms with van der Waals surface area (Å²) in [5.41, 5.74) is 2.84. The highest BCUT2D eigenvalue weighted by molar-refractivity contribution is 5.98. The molecule has 0 spiro atoms. The summed E-state index contributed by atoms with van der Waals surface area (Å²) in [6.45, 7) is 2.71. The number of aryl methyl sites for hydroxylation is 1. The molecule has 2 aromatic carbocycles. The normalized spacial score (nSPS) is 10.4. The number of aromatic nitrogens is 4. The number of anilines is 1. The third-order valence-electron chi connectivity index (χ3n) is 3.92. The number of carbonyl (C=O) groups excluding carboxylic acids is 3. The summed E-state index contributed by atoms with van der Waals surface area (Å²) in [6, 6.07) is 13.9. The van der Waals surface area contributed by atoms with Gasteiger partial charge >= 0.3 is 5.97 Å². The molecule has 1 N–H and O–H groups in total. The SMILES string of the molecule is CC(=O)Nc1ccc(C(=O)COC(=O)Cn2nnc(-c3ccc(C)cc3)n2)cc1. The zero-order valence-electron chi connectivity index (χ0n) is 16.0. The van der Waals surface area contributed by atoms with Gasteiger partial charge in [-0.1, -0.05) is 29.8 Å². The van der Waals surface area contributed by atoms with Crippen molar-refractivity contribution in [1.29, 1.82) is 0 Å². The molecule has 0 aliphatic rings. The van der Waals surface area contributed by atoms with E-state index in [1.54, 1.807) is 24.3 Å². The van der Waals surface area contributed by atoms with Crippen molar-refractivity contribution in [3.8, 4) is 11.4 Å². The smallest absolute Gasteiger partial charge is 0.330 e. The predicted molar refractivity (Wildman–Crippen MR) is 104 cm³/mol. The summed E-state index contributed by atoms with van der Waals surface area (Å²) in [5, 5.41) is 14.5. The van der Waals surface area contributed by atoms with E-state index >= 15 is 0 Å². The van der Waals surface area contributed by atoms with Gasteiger partial charge in [0.15, 0.2) is 18.9 Å². The third-order valence-corrected chi connectivity index (χ3v) is 3.92. The maximum Gasteiger partial charge on any atom is 0.330 e. The number of benzene rings is 2. The number of hydrogen-bond donors (Lipinski definition) is 1. The molecule has 148 valence electrons. The highest BCUT2D eigenvalue weighted by Gasteiger charge is 2.13. The Balaban J connectivity index is 1.51. The number of ketones is 1. The van der Waals surface area contributed by atoms with Crippen LogP contribution in [0.15, 0.2) is 48.5 Å². The fourth-order valence-corrected chi connectivity index (χ4v) is 2.46. The van der Waals surface area contributed by atoms with Crippen molar-refractivity contribution in [2.24, 2.45) is 0 Å². The van der Waals surface area contributed by atoms with E-state index in [4.69, 9.17) is 4.74 Å². The van der Waals surface area contributed by atoms with Gasteiger partial charge in [0, 0.05) is 23.7 Å². The van der Waals surface area contributed by atoms with Crippen molar-refractivity contribution in [3.63, 3.8) is 0 Å². The summed E-state index contributed by atoms with van der Waals surface area (Å²) in [7, 11) is 0. The molecule has 29 heavy (non-hydrogen) atoms. The second-order valence-electron chi connectivity index (χ2n) is 6.35. The first kappa shape index (κ1) is 19.9. The van der Waals surface area contributed by atoms with E-state index in [9.17, 15) is 14.4 Å². The number of rotatable bonds is 7. The average Bonchev–Trinajstić information content (AvgIpc) is 3.15. The minimum Gasteiger partial charge on any atom is -0.456 e. The van der Waals surface area contributed by atoms with Crippen LogP contribution >= 0.6 is 0 Å². The minimum atomic E-state index is -0.652. The van der Waals surface area contributed by atoms with Crippen LogP contribution in [0.4, 0.5) is 5.69 Å². The van der Waals surface area contributed by atoms with Gasteiger partial charge in [-0.15, -0.1) is 10.2 Å². The van der Waals surface area contributed by atoms with Crippen molar-refractivity contribution in [2.75, 3.05) is 11.9 Å². The maximum atomic E-state index is 12.1. The van der Waals surface area contributed by atoms with Crippen LogP contribution in [0.1, 0.15) is 22.8 Å². The number of tetrazole rings is 1. The lowest BCUT2D eigenvalue weighted by molar-refractivity contribution is -0.143. The molecule has 0 aliphatic carbocycles. The predicted octanol–water partition coefficient (Wildman–Crippen LogP) is 2.03. The van der Waals surface area contributed by atoms with Crippen molar-refractivity contribution in [2.45, 2.75) is 20.4 Å². The van der Waals surface area contributed by atoms with E-state index in [1.165, 1.54) is 6.92 Å². The van der Waals surface area contributed by atoms with Gasteiger partial charge in [0.05, 0.1) is 0 Å². The van der Waals surface area contributed by atoms with Gasteiger partial charge < -0.3 is 10.1 Å². The maximum absolute atomic E-state index is 12.1. The summed E-state index contributed by atoms with van der Waals surface area (Å²) in [5.74, 6) is -0.820. The Hall–Kier alpha value is -3.88. The molecular formula is C20H19N5O4. The molecule has 3 rings (SSSR count). The molecule has 0 fully saturated rings. The van der Waals surface area contributed by atoms with Gasteiger partial charge in [0.2, 0.25) is 11.7 Å². The van der Waals surface area contributed by atoms with Crippen LogP contribution in [0.5, 0.6) is 0 Å². The van der Waals surface area contributed by atoms with Crippen molar-refractivity contribution < 1.29 is 19.1 Å². The lowest BCUT2D eigenvalue weighted by Gasteiger charge is -2.05. The Morgan fingerprint density at radius 2 is 1.72 bits per heavy atom. The molecule has 0 radical (unpaired) electrons. The van der Waals surface area contributed by atoms with Crippen molar-refractivity contribution >= 4 is 23.3 Å². The number of ether oxygens (including phenoxy) is 1. The standard InChI is InChI=1S/C20H19N5O4/c1-13-3-5-16(6-4-13)20-22-24-25(23-20)11-19(28)29-12-18(27)15-7-9-17(10-8-15)21-14(2)26/h3-10H,11-12H2,1-2H3,(H,21,26). The van der Waals surface area contributed by atoms with Gasteiger partial charge in [-0.3, -0.25) is 9.59 Å². The second-order valence-corrected chi connectivity index (χ2v) is 6.35. The van der Waals surface area contributed by atoms with Crippen LogP contribution < -0.4 is 5.32 Å². The summed E-state index contributed by atoms with van der Waals surface area (Å²) in [4.78, 5) is 36.2. The highest BCUT2D eigenvalue weighted by Crippen LogP contribution is 2.14. The van der Waals surface area contributed by atoms with E-state index in [0.29, 0.717) is 17.1 Å². The Labute approximate surface area is 166 Å². The van der Waals surface area contributed by atoms with Crippen LogP contribution in [-0.2, 0) is 20.9 Å². The first-order valence-corrected chi connectivity index (χ1v) is 8.82. The number of hydrogen-bond acceptors (Lipinski definition) is 7. The molecule has 0 atom stereocenters. The zero-order valence-corrected chi connectivity index (χ0v) is 16.0. The van der Waals surface area contributed by atoms with Crippen molar-refractivity contribution in [3.05, 3.63) is 59.7 Å². The number of Topliss-reactive ketones (excluding diaryl/α,β-unsaturated/α-hetero) is 1. The molecule has 9 heteroatoms. The minimum absolute atomic E-state index is 0.203. The van der Waals surface area contributed by atoms with E-state index < -0.39 is 12.6 Å². The molecule has 0 unspecified atom stereocenters. The van der Waals surface area contributed by atoms with Gasteiger partial charge in [-0.25, -0.2) is 4.79 Å².